The number of halogens is 1. The SMILES string of the molecule is CN(C)[C@H]1C(=O)C(C(N)=O)=C(O)[C@]2(O)C(=O)C3=C(O)c4c(O)ccc(-c5cc(Br)ccn5)c4C[C@@H]3C[C@H]12. The summed E-state index contributed by atoms with van der Waals surface area (Å²) in [6, 6.07) is 5.45. The summed E-state index contributed by atoms with van der Waals surface area (Å²) in [6.07, 6.45) is 1.81. The number of primary amides is 1. The Morgan fingerprint density at radius 2 is 1.89 bits per heavy atom. The van der Waals surface area contributed by atoms with Gasteiger partial charge >= 0.3 is 0 Å². The van der Waals surface area contributed by atoms with Crippen molar-refractivity contribution in [2.24, 2.45) is 17.6 Å². The topological polar surface area (TPSA) is 174 Å². The molecule has 2 aromatic rings. The maximum absolute atomic E-state index is 13.9. The quantitative estimate of drug-likeness (QED) is 0.345. The van der Waals surface area contributed by atoms with Crippen LogP contribution in [0.5, 0.6) is 5.75 Å². The summed E-state index contributed by atoms with van der Waals surface area (Å²) in [5.74, 6) is -6.81. The Morgan fingerprint density at radius 1 is 1.19 bits per heavy atom. The number of likely N-dealkylation sites (N-methyl/N-ethyl adjacent to an activating group) is 1. The average Bonchev–Trinajstić information content (AvgIpc) is 2.81. The maximum atomic E-state index is 13.9. The van der Waals surface area contributed by atoms with E-state index in [4.69, 9.17) is 5.73 Å². The van der Waals surface area contributed by atoms with Crippen LogP contribution in [0.3, 0.4) is 0 Å². The summed E-state index contributed by atoms with van der Waals surface area (Å²) in [7, 11) is 3.12. The largest absolute Gasteiger partial charge is 0.508 e. The lowest BCUT2D eigenvalue weighted by atomic mass is 9.57. The summed E-state index contributed by atoms with van der Waals surface area (Å²) in [6.45, 7) is 0. The van der Waals surface area contributed by atoms with Gasteiger partial charge in [0.15, 0.2) is 11.4 Å². The van der Waals surface area contributed by atoms with Gasteiger partial charge in [-0.1, -0.05) is 15.9 Å². The molecule has 1 saturated carbocycles. The molecule has 5 rings (SSSR count). The van der Waals surface area contributed by atoms with E-state index >= 15 is 0 Å². The first-order chi connectivity index (χ1) is 17.4. The zero-order valence-corrected chi connectivity index (χ0v) is 21.5. The first-order valence-corrected chi connectivity index (χ1v) is 12.3. The van der Waals surface area contributed by atoms with E-state index in [0.29, 0.717) is 16.8 Å². The van der Waals surface area contributed by atoms with Crippen LogP contribution >= 0.6 is 15.9 Å². The number of aliphatic hydroxyl groups excluding tert-OH is 2. The van der Waals surface area contributed by atoms with Gasteiger partial charge in [-0.05, 0) is 62.7 Å². The van der Waals surface area contributed by atoms with Crippen molar-refractivity contribution in [3.05, 3.63) is 63.0 Å². The smallest absolute Gasteiger partial charge is 0.255 e. The maximum Gasteiger partial charge on any atom is 0.255 e. The van der Waals surface area contributed by atoms with Crippen LogP contribution in [0.1, 0.15) is 17.5 Å². The van der Waals surface area contributed by atoms with E-state index in [1.807, 2.05) is 0 Å². The van der Waals surface area contributed by atoms with E-state index in [-0.39, 0.29) is 29.7 Å². The molecule has 1 amide bonds. The normalized spacial score (nSPS) is 27.2. The molecule has 1 fully saturated rings. The number of fused-ring (bicyclic) bond motifs is 3. The van der Waals surface area contributed by atoms with E-state index in [9.17, 15) is 34.8 Å². The standard InChI is InChI=1S/C26H24BrN3O7/c1-30(2)20-14-8-10-7-13-12(15-9-11(27)5-6-29-15)3-4-16(31)18(13)21(32)17(10)23(34)26(14,37)24(35)19(22(20)33)25(28)36/h3-6,9-10,14,20,31-32,35,37H,7-8H2,1-2H3,(H2,28,36)/t10-,14-,20-,26-/m1/s1. The van der Waals surface area contributed by atoms with Gasteiger partial charge in [0.2, 0.25) is 5.78 Å². The van der Waals surface area contributed by atoms with Crippen LogP contribution in [0.2, 0.25) is 0 Å². The van der Waals surface area contributed by atoms with Crippen LogP contribution in [0.15, 0.2) is 51.8 Å². The highest BCUT2D eigenvalue weighted by Gasteiger charge is 2.64. The second kappa shape index (κ2) is 8.51. The van der Waals surface area contributed by atoms with Crippen LogP contribution in [0.4, 0.5) is 0 Å². The molecule has 3 aliphatic rings. The van der Waals surface area contributed by atoms with E-state index in [1.54, 1.807) is 38.5 Å². The number of phenols is 1. The van der Waals surface area contributed by atoms with Gasteiger partial charge in [0.25, 0.3) is 5.91 Å². The lowest BCUT2D eigenvalue weighted by Crippen LogP contribution is -2.65. The Labute approximate surface area is 219 Å². The summed E-state index contributed by atoms with van der Waals surface area (Å²) >= 11 is 3.42. The molecule has 1 aromatic heterocycles. The number of pyridine rings is 1. The van der Waals surface area contributed by atoms with Gasteiger partial charge in [-0.25, -0.2) is 0 Å². The van der Waals surface area contributed by atoms with Gasteiger partial charge in [0.05, 0.1) is 17.3 Å². The lowest BCUT2D eigenvalue weighted by molar-refractivity contribution is -0.153. The van der Waals surface area contributed by atoms with E-state index in [0.717, 1.165) is 4.47 Å². The predicted molar refractivity (Wildman–Crippen MR) is 135 cm³/mol. The van der Waals surface area contributed by atoms with Gasteiger partial charge in [-0.15, -0.1) is 0 Å². The lowest BCUT2D eigenvalue weighted by Gasteiger charge is -2.50. The van der Waals surface area contributed by atoms with Gasteiger partial charge in [-0.3, -0.25) is 24.3 Å². The molecule has 37 heavy (non-hydrogen) atoms. The molecule has 3 aliphatic carbocycles. The second-order valence-corrected chi connectivity index (χ2v) is 10.7. The van der Waals surface area contributed by atoms with Gasteiger partial charge < -0.3 is 26.2 Å². The van der Waals surface area contributed by atoms with Crippen molar-refractivity contribution in [2.45, 2.75) is 24.5 Å². The molecule has 0 radical (unpaired) electrons. The molecular weight excluding hydrogens is 546 g/mol. The minimum absolute atomic E-state index is 0.0206. The molecule has 0 bridgehead atoms. The van der Waals surface area contributed by atoms with E-state index in [1.165, 1.54) is 11.0 Å². The number of nitrogens with two attached hydrogens (primary N) is 1. The molecule has 10 nitrogen and oxygen atoms in total. The van der Waals surface area contributed by atoms with Crippen LogP contribution in [0.25, 0.3) is 17.0 Å². The van der Waals surface area contributed by atoms with Crippen LogP contribution in [0, 0.1) is 11.8 Å². The first-order valence-electron chi connectivity index (χ1n) is 11.5. The highest BCUT2D eigenvalue weighted by molar-refractivity contribution is 9.10. The van der Waals surface area contributed by atoms with Crippen molar-refractivity contribution in [1.82, 2.24) is 9.88 Å². The zero-order valence-electron chi connectivity index (χ0n) is 19.9. The number of benzene rings is 1. The minimum atomic E-state index is -2.66. The van der Waals surface area contributed by atoms with Crippen molar-refractivity contribution in [3.63, 3.8) is 0 Å². The fraction of sp³-hybridized carbons (Fsp3) is 0.308. The number of aromatic hydroxyl groups is 1. The molecule has 4 atom stereocenters. The minimum Gasteiger partial charge on any atom is -0.508 e. The van der Waals surface area contributed by atoms with Gasteiger partial charge in [0.1, 0.15) is 22.8 Å². The van der Waals surface area contributed by atoms with Gasteiger partial charge in [0, 0.05) is 27.7 Å². The number of rotatable bonds is 3. The third-order valence-corrected chi connectivity index (χ3v) is 8.10. The van der Waals surface area contributed by atoms with Crippen molar-refractivity contribution in [2.75, 3.05) is 14.1 Å². The number of phenolic OH excluding ortho intramolecular Hbond substituents is 1. The Bertz CT molecular complexity index is 1460. The fourth-order valence-corrected chi connectivity index (χ4v) is 6.37. The number of ketones is 2. The summed E-state index contributed by atoms with van der Waals surface area (Å²) < 4.78 is 0.774. The number of aliphatic hydroxyl groups is 3. The molecule has 0 unspecified atom stereocenters. The zero-order chi connectivity index (χ0) is 27.0. The highest BCUT2D eigenvalue weighted by Crippen LogP contribution is 2.53. The van der Waals surface area contributed by atoms with Crippen molar-refractivity contribution in [1.29, 1.82) is 0 Å². The van der Waals surface area contributed by atoms with Crippen molar-refractivity contribution < 1.29 is 34.8 Å². The van der Waals surface area contributed by atoms with E-state index in [2.05, 4.69) is 20.9 Å². The highest BCUT2D eigenvalue weighted by atomic mass is 79.9. The Balaban J connectivity index is 1.75. The van der Waals surface area contributed by atoms with Gasteiger partial charge in [-0.2, -0.15) is 0 Å². The number of hydrogen-bond donors (Lipinski definition) is 5. The third kappa shape index (κ3) is 3.45. The van der Waals surface area contributed by atoms with Crippen molar-refractivity contribution in [3.8, 4) is 17.0 Å². The molecule has 11 heteroatoms. The Hall–Kier alpha value is -3.54. The van der Waals surface area contributed by atoms with E-state index < -0.39 is 58.0 Å². The molecular formula is C26H24BrN3O7. The number of amides is 1. The molecule has 1 heterocycles. The van der Waals surface area contributed by atoms with Crippen molar-refractivity contribution >= 4 is 39.2 Å². The molecule has 0 aliphatic heterocycles. The molecule has 1 aromatic carbocycles. The number of nitrogens with zero attached hydrogens (tertiary/aromatic N) is 2. The second-order valence-electron chi connectivity index (χ2n) is 9.81. The summed E-state index contributed by atoms with van der Waals surface area (Å²) in [4.78, 5) is 44.9. The Morgan fingerprint density at radius 3 is 2.51 bits per heavy atom. The molecule has 0 saturated heterocycles. The molecule has 6 N–H and O–H groups in total. The van der Waals surface area contributed by atoms with Crippen LogP contribution in [-0.4, -0.2) is 73.5 Å². The first kappa shape index (κ1) is 25.1. The fourth-order valence-electron chi connectivity index (χ4n) is 6.04. The summed E-state index contributed by atoms with van der Waals surface area (Å²) in [5, 5.41) is 44.5. The molecule has 192 valence electrons. The number of Topliss-reactive ketones (excluding diaryl/α,β-unsaturated/α-hetero) is 2. The number of carbonyl (C=O) groups excluding carboxylic acids is 3. The summed E-state index contributed by atoms with van der Waals surface area (Å²) in [5.41, 5.74) is 3.43. The Kier molecular flexibility index (Phi) is 5.78. The predicted octanol–water partition coefficient (Wildman–Crippen LogP) is 1.79. The monoisotopic (exact) mass is 569 g/mol. The number of aromatic nitrogens is 1. The van der Waals surface area contributed by atoms with Crippen LogP contribution < -0.4 is 5.73 Å². The number of hydrogen-bond acceptors (Lipinski definition) is 9. The third-order valence-electron chi connectivity index (χ3n) is 7.60. The van der Waals surface area contributed by atoms with Crippen LogP contribution in [-0.2, 0) is 20.8 Å². The molecule has 0 spiro atoms. The average molecular weight is 570 g/mol. The number of carbonyl (C=O) groups is 3.